The van der Waals surface area contributed by atoms with Gasteiger partial charge in [0, 0.05) is 7.05 Å². The van der Waals surface area contributed by atoms with Gasteiger partial charge in [0.2, 0.25) is 12.1 Å². The third-order valence-corrected chi connectivity index (χ3v) is 1.70. The van der Waals surface area contributed by atoms with Crippen LogP contribution in [0.15, 0.2) is 18.5 Å². The first-order chi connectivity index (χ1) is 7.13. The van der Waals surface area contributed by atoms with Crippen molar-refractivity contribution in [2.45, 2.75) is 0 Å². The van der Waals surface area contributed by atoms with Crippen LogP contribution in [0.3, 0.4) is 0 Å². The summed E-state index contributed by atoms with van der Waals surface area (Å²) in [6.45, 7) is -0.133. The molecular formula is C9H11FN3O2+. The van der Waals surface area contributed by atoms with Gasteiger partial charge in [0.25, 0.3) is 5.91 Å². The van der Waals surface area contributed by atoms with Gasteiger partial charge < -0.3 is 10.6 Å². The Morgan fingerprint density at radius 3 is 2.80 bits per heavy atom. The summed E-state index contributed by atoms with van der Waals surface area (Å²) in [5.74, 6) is -1.36. The van der Waals surface area contributed by atoms with Crippen molar-refractivity contribution in [3.63, 3.8) is 0 Å². The van der Waals surface area contributed by atoms with E-state index in [2.05, 4.69) is 15.6 Å². The number of aromatic amines is 1. The molecule has 1 rings (SSSR count). The van der Waals surface area contributed by atoms with Crippen molar-refractivity contribution in [3.05, 3.63) is 29.8 Å². The molecule has 1 heterocycles. The molecule has 0 spiro atoms. The number of halogens is 1. The molecule has 0 radical (unpaired) electrons. The van der Waals surface area contributed by atoms with Crippen LogP contribution < -0.4 is 15.6 Å². The molecule has 0 saturated carbocycles. The van der Waals surface area contributed by atoms with Gasteiger partial charge in [-0.1, -0.05) is 0 Å². The van der Waals surface area contributed by atoms with E-state index >= 15 is 0 Å². The summed E-state index contributed by atoms with van der Waals surface area (Å²) in [4.78, 5) is 24.6. The Hall–Kier alpha value is -1.98. The molecule has 0 fully saturated rings. The van der Waals surface area contributed by atoms with E-state index < -0.39 is 11.7 Å². The molecule has 80 valence electrons. The Labute approximate surface area is 85.7 Å². The minimum atomic E-state index is -0.539. The number of rotatable bonds is 3. The van der Waals surface area contributed by atoms with Crippen LogP contribution in [0, 0.1) is 5.82 Å². The van der Waals surface area contributed by atoms with Crippen LogP contribution in [-0.4, -0.2) is 25.4 Å². The molecule has 0 aliphatic carbocycles. The van der Waals surface area contributed by atoms with Crippen LogP contribution in [0.4, 0.5) is 4.39 Å². The molecule has 15 heavy (non-hydrogen) atoms. The molecule has 0 unspecified atom stereocenters. The van der Waals surface area contributed by atoms with Crippen molar-refractivity contribution in [3.8, 4) is 0 Å². The molecule has 0 atom stereocenters. The number of aromatic nitrogens is 1. The fourth-order valence-corrected chi connectivity index (χ4v) is 0.925. The molecule has 0 aromatic carbocycles. The minimum Gasteiger partial charge on any atom is -0.358 e. The smallest absolute Gasteiger partial charge is 0.257 e. The second kappa shape index (κ2) is 5.04. The number of amides is 2. The summed E-state index contributed by atoms with van der Waals surface area (Å²) in [5.41, 5.74) is 0.138. The molecular weight excluding hydrogens is 201 g/mol. The first-order valence-electron chi connectivity index (χ1n) is 4.29. The average molecular weight is 212 g/mol. The molecule has 6 heteroatoms. The SMILES string of the molecule is CNC(=O)CNC(=O)c1c[nH+]cc(F)c1. The lowest BCUT2D eigenvalue weighted by Gasteiger charge is -2.02. The van der Waals surface area contributed by atoms with E-state index in [4.69, 9.17) is 0 Å². The number of hydrogen-bond acceptors (Lipinski definition) is 2. The highest BCUT2D eigenvalue weighted by atomic mass is 19.1. The van der Waals surface area contributed by atoms with Crippen molar-refractivity contribution in [2.24, 2.45) is 0 Å². The van der Waals surface area contributed by atoms with E-state index in [1.54, 1.807) is 0 Å². The van der Waals surface area contributed by atoms with Crippen LogP contribution in [0.25, 0.3) is 0 Å². The topological polar surface area (TPSA) is 72.3 Å². The van der Waals surface area contributed by atoms with E-state index in [9.17, 15) is 14.0 Å². The number of pyridine rings is 1. The molecule has 0 saturated heterocycles. The third kappa shape index (κ3) is 3.34. The molecule has 1 aromatic rings. The Kier molecular flexibility index (Phi) is 3.73. The molecule has 0 aliphatic heterocycles. The van der Waals surface area contributed by atoms with Gasteiger partial charge >= 0.3 is 0 Å². The molecule has 2 amide bonds. The number of H-pyrrole nitrogens is 1. The summed E-state index contributed by atoms with van der Waals surface area (Å²) in [5, 5.41) is 4.69. The van der Waals surface area contributed by atoms with Crippen molar-refractivity contribution in [1.82, 2.24) is 10.6 Å². The van der Waals surface area contributed by atoms with E-state index in [0.29, 0.717) is 0 Å². The largest absolute Gasteiger partial charge is 0.358 e. The maximum absolute atomic E-state index is 12.7. The second-order valence-corrected chi connectivity index (χ2v) is 2.80. The fourth-order valence-electron chi connectivity index (χ4n) is 0.925. The fraction of sp³-hybridized carbons (Fsp3) is 0.222. The van der Waals surface area contributed by atoms with Crippen LogP contribution in [0.2, 0.25) is 0 Å². The van der Waals surface area contributed by atoms with Gasteiger partial charge in [-0.25, -0.2) is 9.37 Å². The summed E-state index contributed by atoms with van der Waals surface area (Å²) >= 11 is 0. The first-order valence-corrected chi connectivity index (χ1v) is 4.29. The molecule has 1 aromatic heterocycles. The van der Waals surface area contributed by atoms with Crippen LogP contribution in [0.5, 0.6) is 0 Å². The van der Waals surface area contributed by atoms with Crippen molar-refractivity contribution in [1.29, 1.82) is 0 Å². The quantitative estimate of drug-likeness (QED) is 0.682. The summed E-state index contributed by atoms with van der Waals surface area (Å²) in [6.07, 6.45) is 2.47. The van der Waals surface area contributed by atoms with Gasteiger partial charge in [-0.2, -0.15) is 0 Å². The highest BCUT2D eigenvalue weighted by molar-refractivity contribution is 5.95. The number of carbonyl (C=O) groups excluding carboxylic acids is 2. The zero-order chi connectivity index (χ0) is 11.3. The second-order valence-electron chi connectivity index (χ2n) is 2.80. The number of likely N-dealkylation sites (N-methyl/N-ethyl adjacent to an activating group) is 1. The van der Waals surface area contributed by atoms with Crippen LogP contribution >= 0.6 is 0 Å². The Bertz CT molecular complexity index is 381. The summed E-state index contributed by atoms with van der Waals surface area (Å²) < 4.78 is 12.7. The molecule has 0 aliphatic rings. The lowest BCUT2D eigenvalue weighted by atomic mass is 10.2. The van der Waals surface area contributed by atoms with Gasteiger partial charge in [0.05, 0.1) is 6.54 Å². The first kappa shape index (κ1) is 11.1. The van der Waals surface area contributed by atoms with Crippen molar-refractivity contribution < 1.29 is 19.0 Å². The van der Waals surface area contributed by atoms with Crippen LogP contribution in [-0.2, 0) is 4.79 Å². The highest BCUT2D eigenvalue weighted by Crippen LogP contribution is 1.97. The van der Waals surface area contributed by atoms with Gasteiger partial charge in [-0.3, -0.25) is 9.59 Å². The number of carbonyl (C=O) groups is 2. The Balaban J connectivity index is 2.58. The van der Waals surface area contributed by atoms with Gasteiger partial charge in [-0.15, -0.1) is 0 Å². The predicted octanol–water partition coefficient (Wildman–Crippen LogP) is -0.884. The molecule has 5 nitrogen and oxygen atoms in total. The maximum atomic E-state index is 12.7. The standard InChI is InChI=1S/C9H10FN3O2/c1-11-8(14)5-13-9(15)6-2-7(10)4-12-3-6/h2-4H,5H2,1H3,(H,11,14)(H,13,15)/p+1. The van der Waals surface area contributed by atoms with E-state index in [-0.39, 0.29) is 18.0 Å². The normalized spacial score (nSPS) is 9.47. The van der Waals surface area contributed by atoms with E-state index in [0.717, 1.165) is 12.3 Å². The Morgan fingerprint density at radius 2 is 2.20 bits per heavy atom. The van der Waals surface area contributed by atoms with Crippen LogP contribution in [0.1, 0.15) is 10.4 Å². The molecule has 0 bridgehead atoms. The Morgan fingerprint density at radius 1 is 1.47 bits per heavy atom. The highest BCUT2D eigenvalue weighted by Gasteiger charge is 2.10. The van der Waals surface area contributed by atoms with E-state index in [1.807, 2.05) is 0 Å². The third-order valence-electron chi connectivity index (χ3n) is 1.70. The minimum absolute atomic E-state index is 0.133. The van der Waals surface area contributed by atoms with Gasteiger partial charge in [0.15, 0.2) is 12.0 Å². The predicted molar refractivity (Wildman–Crippen MR) is 49.4 cm³/mol. The van der Waals surface area contributed by atoms with Gasteiger partial charge in [-0.05, 0) is 6.07 Å². The maximum Gasteiger partial charge on any atom is 0.257 e. The summed E-state index contributed by atoms with van der Waals surface area (Å²) in [6, 6.07) is 1.08. The average Bonchev–Trinajstić information content (AvgIpc) is 2.25. The van der Waals surface area contributed by atoms with Crippen molar-refractivity contribution >= 4 is 11.8 Å². The monoisotopic (exact) mass is 212 g/mol. The molecule has 3 N–H and O–H groups in total. The van der Waals surface area contributed by atoms with E-state index in [1.165, 1.54) is 13.2 Å². The van der Waals surface area contributed by atoms with Gasteiger partial charge in [0.1, 0.15) is 5.56 Å². The number of nitrogens with one attached hydrogen (secondary N) is 3. The summed E-state index contributed by atoms with van der Waals surface area (Å²) in [7, 11) is 1.46. The lowest BCUT2D eigenvalue weighted by molar-refractivity contribution is -0.381. The zero-order valence-corrected chi connectivity index (χ0v) is 8.13. The zero-order valence-electron chi connectivity index (χ0n) is 8.13. The number of hydrogen-bond donors (Lipinski definition) is 2. The van der Waals surface area contributed by atoms with Crippen molar-refractivity contribution in [2.75, 3.05) is 13.6 Å². The lowest BCUT2D eigenvalue weighted by Crippen LogP contribution is -2.35.